The van der Waals surface area contributed by atoms with Gasteiger partial charge in [0.15, 0.2) is 33.3 Å². The molecule has 42 heavy (non-hydrogen) atoms. The molecule has 0 amide bonds. The molecule has 2 N–H and O–H groups in total. The fourth-order valence-corrected chi connectivity index (χ4v) is 4.98. The van der Waals surface area contributed by atoms with Gasteiger partial charge in [-0.2, -0.15) is 8.42 Å². The Balaban J connectivity index is 1.53. The molecule has 3 aromatic carbocycles. The van der Waals surface area contributed by atoms with Crippen molar-refractivity contribution in [1.29, 1.82) is 0 Å². The summed E-state index contributed by atoms with van der Waals surface area (Å²) in [7, 11) is -2.79. The zero-order valence-electron chi connectivity index (χ0n) is 22.3. The molecular formula is C30H25ClN4O6S. The van der Waals surface area contributed by atoms with Crippen LogP contribution >= 0.6 is 11.6 Å². The molecule has 0 saturated heterocycles. The van der Waals surface area contributed by atoms with E-state index in [-0.39, 0.29) is 39.9 Å². The maximum Gasteiger partial charge on any atom is 0.280 e. The van der Waals surface area contributed by atoms with E-state index in [1.165, 1.54) is 25.4 Å². The van der Waals surface area contributed by atoms with Gasteiger partial charge in [0.2, 0.25) is 5.75 Å². The Bertz CT molecular complexity index is 1790. The van der Waals surface area contributed by atoms with Crippen molar-refractivity contribution in [3.63, 3.8) is 0 Å². The minimum absolute atomic E-state index is 0.124. The van der Waals surface area contributed by atoms with Gasteiger partial charge in [0.25, 0.3) is 10.0 Å². The van der Waals surface area contributed by atoms with Crippen LogP contribution in [0.1, 0.15) is 11.1 Å². The number of aromatic nitrogens is 3. The molecule has 0 atom stereocenters. The van der Waals surface area contributed by atoms with Crippen LogP contribution in [0.3, 0.4) is 0 Å². The summed E-state index contributed by atoms with van der Waals surface area (Å²) in [4.78, 5) is 12.8. The second kappa shape index (κ2) is 12.9. The lowest BCUT2D eigenvalue weighted by molar-refractivity contribution is 0.281. The highest BCUT2D eigenvalue weighted by molar-refractivity contribution is 7.92. The molecule has 0 radical (unpaired) electrons. The van der Waals surface area contributed by atoms with Crippen LogP contribution in [0.5, 0.6) is 23.0 Å². The van der Waals surface area contributed by atoms with Crippen LogP contribution in [0.15, 0.2) is 102 Å². The highest BCUT2D eigenvalue weighted by Gasteiger charge is 2.24. The van der Waals surface area contributed by atoms with Crippen molar-refractivity contribution in [2.75, 3.05) is 11.8 Å². The average Bonchev–Trinajstić information content (AvgIpc) is 3.02. The normalized spacial score (nSPS) is 11.1. The van der Waals surface area contributed by atoms with Crippen LogP contribution in [0.25, 0.3) is 11.4 Å². The van der Waals surface area contributed by atoms with E-state index < -0.39 is 10.0 Å². The van der Waals surface area contributed by atoms with E-state index in [9.17, 15) is 13.5 Å². The number of halogens is 1. The first-order chi connectivity index (χ1) is 20.4. The fraction of sp³-hybridized carbons (Fsp3) is 0.100. The molecule has 2 heterocycles. The maximum atomic E-state index is 13.3. The third-order valence-corrected chi connectivity index (χ3v) is 7.44. The van der Waals surface area contributed by atoms with Crippen LogP contribution < -0.4 is 18.9 Å². The number of sulfonamides is 1. The van der Waals surface area contributed by atoms with Crippen LogP contribution in [0.4, 0.5) is 5.82 Å². The lowest BCUT2D eigenvalue weighted by atomic mass is 10.2. The molecule has 0 aliphatic heterocycles. The van der Waals surface area contributed by atoms with E-state index in [1.54, 1.807) is 48.5 Å². The van der Waals surface area contributed by atoms with Gasteiger partial charge in [0.05, 0.1) is 13.7 Å². The minimum Gasteiger partial charge on any atom is -0.493 e. The predicted molar refractivity (Wildman–Crippen MR) is 157 cm³/mol. The molecule has 0 saturated carbocycles. The molecular weight excluding hydrogens is 580 g/mol. The van der Waals surface area contributed by atoms with Gasteiger partial charge in [-0.1, -0.05) is 72.3 Å². The number of anilines is 1. The number of pyridine rings is 1. The van der Waals surface area contributed by atoms with E-state index in [0.29, 0.717) is 29.2 Å². The van der Waals surface area contributed by atoms with Crippen molar-refractivity contribution >= 4 is 27.4 Å². The van der Waals surface area contributed by atoms with Gasteiger partial charge in [-0.15, -0.1) is 0 Å². The number of methoxy groups -OCH3 is 1. The summed E-state index contributed by atoms with van der Waals surface area (Å²) >= 11 is 6.60. The molecule has 5 aromatic rings. The molecule has 5 rings (SSSR count). The van der Waals surface area contributed by atoms with Gasteiger partial charge in [-0.3, -0.25) is 4.72 Å². The molecule has 0 bridgehead atoms. The molecule has 2 aromatic heterocycles. The number of ether oxygens (including phenoxy) is 3. The topological polar surface area (TPSA) is 133 Å². The number of rotatable bonds is 11. The third-order valence-electron chi connectivity index (χ3n) is 5.93. The maximum absolute atomic E-state index is 13.3. The Hall–Kier alpha value is -4.71. The van der Waals surface area contributed by atoms with Gasteiger partial charge < -0.3 is 19.3 Å². The van der Waals surface area contributed by atoms with Gasteiger partial charge >= 0.3 is 0 Å². The first-order valence-corrected chi connectivity index (χ1v) is 14.5. The SMILES string of the molecule is COc1ccccc1Oc1c(Cl)nc(-c2cccc(OCc3ccccc3)c2)nc1NS(=O)(=O)c1ccc(CO)cn1. The summed E-state index contributed by atoms with van der Waals surface area (Å²) in [5.74, 6) is 0.965. The summed E-state index contributed by atoms with van der Waals surface area (Å²) in [6.07, 6.45) is 1.26. The molecule has 0 unspecified atom stereocenters. The number of nitrogens with one attached hydrogen (secondary N) is 1. The summed E-state index contributed by atoms with van der Waals surface area (Å²) < 4.78 is 46.4. The molecule has 0 spiro atoms. The Morgan fingerprint density at radius 2 is 1.64 bits per heavy atom. The van der Waals surface area contributed by atoms with Crippen molar-refractivity contribution in [1.82, 2.24) is 15.0 Å². The molecule has 0 aliphatic rings. The monoisotopic (exact) mass is 604 g/mol. The van der Waals surface area contributed by atoms with E-state index in [0.717, 1.165) is 5.56 Å². The average molecular weight is 605 g/mol. The largest absolute Gasteiger partial charge is 0.493 e. The number of para-hydroxylation sites is 2. The smallest absolute Gasteiger partial charge is 0.280 e. The molecule has 0 fully saturated rings. The second-order valence-corrected chi connectivity index (χ2v) is 10.8. The Morgan fingerprint density at radius 1 is 0.881 bits per heavy atom. The molecule has 214 valence electrons. The number of aliphatic hydroxyl groups is 1. The first-order valence-electron chi connectivity index (χ1n) is 12.6. The Labute approximate surface area is 247 Å². The van der Waals surface area contributed by atoms with Crippen LogP contribution in [-0.2, 0) is 23.2 Å². The van der Waals surface area contributed by atoms with Crippen LogP contribution in [0.2, 0.25) is 5.15 Å². The lowest BCUT2D eigenvalue weighted by Gasteiger charge is -2.16. The third kappa shape index (κ3) is 6.77. The quantitative estimate of drug-likeness (QED) is 0.178. The number of hydrogen-bond donors (Lipinski definition) is 2. The van der Waals surface area contributed by atoms with E-state index in [4.69, 9.17) is 25.8 Å². The van der Waals surface area contributed by atoms with Crippen LogP contribution in [-0.4, -0.2) is 35.6 Å². The molecule has 0 aliphatic carbocycles. The zero-order valence-corrected chi connectivity index (χ0v) is 23.8. The second-order valence-electron chi connectivity index (χ2n) is 8.84. The van der Waals surface area contributed by atoms with Crippen LogP contribution in [0, 0.1) is 0 Å². The standard InChI is InChI=1S/C30H25ClN4O6S/c1-39-24-12-5-6-13-25(24)41-27-28(31)33-29(22-10-7-11-23(16-22)40-19-20-8-3-2-4-9-20)34-30(27)35-42(37,38)26-15-14-21(18-36)17-32-26/h2-17,36H,18-19H2,1H3,(H,33,34,35). The van der Waals surface area contributed by atoms with Gasteiger partial charge in [0.1, 0.15) is 12.4 Å². The zero-order chi connectivity index (χ0) is 29.5. The highest BCUT2D eigenvalue weighted by Crippen LogP contribution is 2.40. The number of hydrogen-bond acceptors (Lipinski definition) is 9. The van der Waals surface area contributed by atoms with Crippen molar-refractivity contribution < 1.29 is 27.7 Å². The highest BCUT2D eigenvalue weighted by atomic mass is 35.5. The van der Waals surface area contributed by atoms with Crippen molar-refractivity contribution in [2.45, 2.75) is 18.2 Å². The van der Waals surface area contributed by atoms with Crippen molar-refractivity contribution in [2.24, 2.45) is 0 Å². The number of nitrogens with zero attached hydrogens (tertiary/aromatic N) is 3. The lowest BCUT2D eigenvalue weighted by Crippen LogP contribution is -2.17. The number of aliphatic hydroxyl groups excluding tert-OH is 1. The van der Waals surface area contributed by atoms with Crippen molar-refractivity contribution in [3.8, 4) is 34.4 Å². The number of benzene rings is 3. The van der Waals surface area contributed by atoms with E-state index in [2.05, 4.69) is 19.7 Å². The Morgan fingerprint density at radius 3 is 2.36 bits per heavy atom. The van der Waals surface area contributed by atoms with Crippen molar-refractivity contribution in [3.05, 3.63) is 113 Å². The van der Waals surface area contributed by atoms with Gasteiger partial charge in [-0.25, -0.2) is 15.0 Å². The summed E-state index contributed by atoms with van der Waals surface area (Å²) in [5, 5.41) is 8.85. The summed E-state index contributed by atoms with van der Waals surface area (Å²) in [5.41, 5.74) is 1.98. The predicted octanol–water partition coefficient (Wildman–Crippen LogP) is 5.87. The Kier molecular flexibility index (Phi) is 8.82. The van der Waals surface area contributed by atoms with Gasteiger partial charge in [0, 0.05) is 11.8 Å². The summed E-state index contributed by atoms with van der Waals surface area (Å²) in [6.45, 7) is 0.0708. The van der Waals surface area contributed by atoms with Gasteiger partial charge in [-0.05, 0) is 41.5 Å². The van der Waals surface area contributed by atoms with E-state index in [1.807, 2.05) is 30.3 Å². The minimum atomic E-state index is -4.26. The summed E-state index contributed by atoms with van der Waals surface area (Å²) in [6, 6.07) is 26.2. The first kappa shape index (κ1) is 28.8. The molecule has 12 heteroatoms. The van der Waals surface area contributed by atoms with E-state index >= 15 is 0 Å². The molecule has 10 nitrogen and oxygen atoms in total. The fourth-order valence-electron chi connectivity index (χ4n) is 3.83.